The Bertz CT molecular complexity index is 664. The van der Waals surface area contributed by atoms with E-state index >= 15 is 0 Å². The van der Waals surface area contributed by atoms with Gasteiger partial charge in [0.25, 0.3) is 0 Å². The molecule has 0 amide bonds. The molecule has 0 aliphatic rings. The number of halogens is 1. The lowest BCUT2D eigenvalue weighted by Gasteiger charge is -2.16. The summed E-state index contributed by atoms with van der Waals surface area (Å²) in [5.41, 5.74) is 3.05. The Morgan fingerprint density at radius 1 is 1.32 bits per heavy atom. The Balaban J connectivity index is 2.34. The number of nitrogens with one attached hydrogen (secondary N) is 2. The average Bonchev–Trinajstić information content (AvgIpc) is 2.52. The van der Waals surface area contributed by atoms with Gasteiger partial charge in [-0.1, -0.05) is 6.07 Å². The zero-order valence-electron chi connectivity index (χ0n) is 12.8. The van der Waals surface area contributed by atoms with Crippen LogP contribution < -0.4 is 15.4 Å². The summed E-state index contributed by atoms with van der Waals surface area (Å²) in [7, 11) is 1.65. The maximum absolute atomic E-state index is 8.86. The molecule has 2 rings (SSSR count). The van der Waals surface area contributed by atoms with Crippen LogP contribution in [-0.2, 0) is 0 Å². The van der Waals surface area contributed by atoms with Crippen LogP contribution in [0.1, 0.15) is 11.1 Å². The number of aromatic nitrogens is 2. The normalized spacial score (nSPS) is 10.4. The summed E-state index contributed by atoms with van der Waals surface area (Å²) in [4.78, 5) is 8.56. The summed E-state index contributed by atoms with van der Waals surface area (Å²) in [6.07, 6.45) is 1.67. The first-order chi connectivity index (χ1) is 10.6. The maximum atomic E-state index is 8.86. The van der Waals surface area contributed by atoms with Crippen molar-refractivity contribution in [1.82, 2.24) is 9.97 Å². The van der Waals surface area contributed by atoms with Crippen molar-refractivity contribution in [1.29, 1.82) is 0 Å². The van der Waals surface area contributed by atoms with E-state index in [9.17, 15) is 0 Å². The van der Waals surface area contributed by atoms with E-state index in [-0.39, 0.29) is 6.61 Å². The van der Waals surface area contributed by atoms with Crippen molar-refractivity contribution in [2.24, 2.45) is 0 Å². The highest BCUT2D eigenvalue weighted by Crippen LogP contribution is 2.33. The van der Waals surface area contributed by atoms with E-state index < -0.39 is 0 Å². The van der Waals surface area contributed by atoms with Crippen molar-refractivity contribution in [3.05, 3.63) is 33.9 Å². The van der Waals surface area contributed by atoms with Crippen molar-refractivity contribution >= 4 is 33.4 Å². The zero-order chi connectivity index (χ0) is 16.1. The molecule has 0 saturated carbocycles. The summed E-state index contributed by atoms with van der Waals surface area (Å²) < 4.78 is 6.11. The van der Waals surface area contributed by atoms with Crippen molar-refractivity contribution < 1.29 is 9.84 Å². The fraction of sp³-hybridized carbons (Fsp3) is 0.333. The molecular formula is C15H19BrN4O2. The Morgan fingerprint density at radius 3 is 2.77 bits per heavy atom. The molecule has 3 N–H and O–H groups in total. The van der Waals surface area contributed by atoms with E-state index in [1.54, 1.807) is 13.3 Å². The number of hydrogen-bond acceptors (Lipinski definition) is 6. The molecule has 1 aromatic heterocycles. The minimum absolute atomic E-state index is 0.0241. The first-order valence-electron chi connectivity index (χ1n) is 6.85. The van der Waals surface area contributed by atoms with Gasteiger partial charge in [-0.05, 0) is 41.4 Å². The number of hydrogen-bond donors (Lipinski definition) is 3. The molecule has 0 aliphatic carbocycles. The SMILES string of the molecule is COc1ccc(C)c(Nc2nc(NCCO)ncc2Br)c1C. The number of aliphatic hydroxyl groups excluding tert-OH is 1. The summed E-state index contributed by atoms with van der Waals surface area (Å²) in [5, 5.41) is 15.1. The van der Waals surface area contributed by atoms with Crippen LogP contribution in [0, 0.1) is 13.8 Å². The third-order valence-corrected chi connectivity index (χ3v) is 3.81. The number of ether oxygens (including phenoxy) is 1. The third-order valence-electron chi connectivity index (χ3n) is 3.23. The lowest BCUT2D eigenvalue weighted by molar-refractivity contribution is 0.311. The van der Waals surface area contributed by atoms with Crippen molar-refractivity contribution in [2.75, 3.05) is 30.9 Å². The first-order valence-corrected chi connectivity index (χ1v) is 7.64. The van der Waals surface area contributed by atoms with Crippen molar-refractivity contribution in [2.45, 2.75) is 13.8 Å². The topological polar surface area (TPSA) is 79.3 Å². The van der Waals surface area contributed by atoms with Gasteiger partial charge in [-0.2, -0.15) is 4.98 Å². The standard InChI is InChI=1S/C15H19BrN4O2/c1-9-4-5-12(22-3)10(2)13(9)19-14-11(16)8-18-15(20-14)17-6-7-21/h4-5,8,21H,6-7H2,1-3H3,(H2,17,18,19,20). The van der Waals surface area contributed by atoms with Crippen LogP contribution in [0.25, 0.3) is 0 Å². The smallest absolute Gasteiger partial charge is 0.224 e. The van der Waals surface area contributed by atoms with Gasteiger partial charge in [-0.3, -0.25) is 0 Å². The van der Waals surface area contributed by atoms with Gasteiger partial charge in [0.05, 0.1) is 18.2 Å². The molecule has 0 radical (unpaired) electrons. The Labute approximate surface area is 138 Å². The largest absolute Gasteiger partial charge is 0.496 e. The zero-order valence-corrected chi connectivity index (χ0v) is 14.4. The van der Waals surface area contributed by atoms with E-state index in [0.29, 0.717) is 18.3 Å². The van der Waals surface area contributed by atoms with Gasteiger partial charge in [-0.15, -0.1) is 0 Å². The van der Waals surface area contributed by atoms with E-state index in [2.05, 4.69) is 36.5 Å². The van der Waals surface area contributed by atoms with Crippen LogP contribution >= 0.6 is 15.9 Å². The fourth-order valence-electron chi connectivity index (χ4n) is 2.07. The van der Waals surface area contributed by atoms with Crippen LogP contribution in [0.3, 0.4) is 0 Å². The minimum Gasteiger partial charge on any atom is -0.496 e. The van der Waals surface area contributed by atoms with Gasteiger partial charge in [0, 0.05) is 24.0 Å². The highest BCUT2D eigenvalue weighted by molar-refractivity contribution is 9.10. The summed E-state index contributed by atoms with van der Waals surface area (Å²) in [6.45, 7) is 4.44. The number of nitrogens with zero attached hydrogens (tertiary/aromatic N) is 2. The molecule has 0 fully saturated rings. The lowest BCUT2D eigenvalue weighted by atomic mass is 10.1. The van der Waals surface area contributed by atoms with E-state index in [1.165, 1.54) is 0 Å². The molecule has 0 spiro atoms. The minimum atomic E-state index is 0.0241. The molecule has 0 unspecified atom stereocenters. The molecule has 0 saturated heterocycles. The summed E-state index contributed by atoms with van der Waals surface area (Å²) >= 11 is 3.44. The van der Waals surface area contributed by atoms with E-state index in [4.69, 9.17) is 9.84 Å². The average molecular weight is 367 g/mol. The molecule has 6 nitrogen and oxygen atoms in total. The second-order valence-electron chi connectivity index (χ2n) is 4.75. The number of aryl methyl sites for hydroxylation is 1. The highest BCUT2D eigenvalue weighted by atomic mass is 79.9. The Kier molecular flexibility index (Phi) is 5.57. The second-order valence-corrected chi connectivity index (χ2v) is 5.60. The number of benzene rings is 1. The van der Waals surface area contributed by atoms with E-state index in [1.807, 2.05) is 26.0 Å². The van der Waals surface area contributed by atoms with Gasteiger partial charge in [0.1, 0.15) is 11.6 Å². The highest BCUT2D eigenvalue weighted by Gasteiger charge is 2.11. The number of aliphatic hydroxyl groups is 1. The molecule has 1 heterocycles. The second kappa shape index (κ2) is 7.42. The van der Waals surface area contributed by atoms with Crippen LogP contribution in [0.5, 0.6) is 5.75 Å². The van der Waals surface area contributed by atoms with Crippen molar-refractivity contribution in [3.8, 4) is 5.75 Å². The summed E-state index contributed by atoms with van der Waals surface area (Å²) in [5.74, 6) is 1.92. The molecule has 0 atom stereocenters. The number of anilines is 3. The van der Waals surface area contributed by atoms with Crippen LogP contribution in [0.15, 0.2) is 22.8 Å². The number of methoxy groups -OCH3 is 1. The molecule has 7 heteroatoms. The molecule has 0 aliphatic heterocycles. The van der Waals surface area contributed by atoms with Gasteiger partial charge in [0.15, 0.2) is 0 Å². The van der Waals surface area contributed by atoms with Gasteiger partial charge in [-0.25, -0.2) is 4.98 Å². The maximum Gasteiger partial charge on any atom is 0.224 e. The van der Waals surface area contributed by atoms with Crippen LogP contribution in [-0.4, -0.2) is 35.3 Å². The predicted octanol–water partition coefficient (Wildman–Crippen LogP) is 3.01. The quantitative estimate of drug-likeness (QED) is 0.729. The molecule has 2 aromatic rings. The van der Waals surface area contributed by atoms with Crippen molar-refractivity contribution in [3.63, 3.8) is 0 Å². The first kappa shape index (κ1) is 16.5. The monoisotopic (exact) mass is 366 g/mol. The number of rotatable bonds is 6. The van der Waals surface area contributed by atoms with Crippen LogP contribution in [0.2, 0.25) is 0 Å². The predicted molar refractivity (Wildman–Crippen MR) is 91.1 cm³/mol. The molecule has 1 aromatic carbocycles. The summed E-state index contributed by atoms with van der Waals surface area (Å²) in [6, 6.07) is 3.94. The molecule has 22 heavy (non-hydrogen) atoms. The lowest BCUT2D eigenvalue weighted by Crippen LogP contribution is -2.10. The van der Waals surface area contributed by atoms with Crippen LogP contribution in [0.4, 0.5) is 17.5 Å². The third kappa shape index (κ3) is 3.66. The van der Waals surface area contributed by atoms with Gasteiger partial charge in [0.2, 0.25) is 5.95 Å². The molecular weight excluding hydrogens is 348 g/mol. The van der Waals surface area contributed by atoms with Gasteiger partial charge < -0.3 is 20.5 Å². The Hall–Kier alpha value is -1.86. The molecule has 0 bridgehead atoms. The van der Waals surface area contributed by atoms with E-state index in [0.717, 1.165) is 27.0 Å². The molecule has 118 valence electrons. The van der Waals surface area contributed by atoms with Gasteiger partial charge >= 0.3 is 0 Å². The fourth-order valence-corrected chi connectivity index (χ4v) is 2.36. The Morgan fingerprint density at radius 2 is 2.09 bits per heavy atom.